The maximum atomic E-state index is 9.59. The first-order valence-corrected chi connectivity index (χ1v) is 19.2. The van der Waals surface area contributed by atoms with Crippen molar-refractivity contribution in [2.45, 2.75) is 10.8 Å². The maximum absolute atomic E-state index is 9.59. The molecule has 2 nitrogen and oxygen atoms in total. The molecule has 1 unspecified atom stereocenters. The average molecular weight is 785 g/mol. The summed E-state index contributed by atoms with van der Waals surface area (Å²) in [6.07, 6.45) is 1.52. The van der Waals surface area contributed by atoms with Gasteiger partial charge in [0.25, 0.3) is 0 Å². The zero-order valence-corrected chi connectivity index (χ0v) is 31.4. The van der Waals surface area contributed by atoms with E-state index in [0.29, 0.717) is 55.8 Å². The van der Waals surface area contributed by atoms with Crippen LogP contribution in [-0.4, -0.2) is 0 Å². The van der Waals surface area contributed by atoms with Crippen molar-refractivity contribution in [3.63, 3.8) is 0 Å². The summed E-state index contributed by atoms with van der Waals surface area (Å²) in [7, 11) is 0. The molecule has 2 heteroatoms. The SMILES string of the molecule is [2H]c1cc(C2(c3c([2H])c([2H])c([2H])c([2H])c3[2H])c3ccccc3-c3ccc(N(c4ccc5c(c4)C(c4c([2H])c([2H])c([2H])c([2H])c4[2H])(c4c([2H])c([2H])c([2H])c([2H])c4[2H])c4ccccc4-5)c4ccc5occc5c4)cc32)c([2H])c([2H])c1[2H]. The second-order valence-corrected chi connectivity index (χ2v) is 14.6. The fourth-order valence-corrected chi connectivity index (χ4v) is 9.50. The molecule has 12 rings (SSSR count). The normalized spacial score (nSPS) is 20.0. The highest BCUT2D eigenvalue weighted by molar-refractivity contribution is 5.93. The van der Waals surface area contributed by atoms with E-state index in [1.807, 2.05) is 6.07 Å². The van der Waals surface area contributed by atoms with E-state index in [1.165, 1.54) is 12.3 Å². The van der Waals surface area contributed by atoms with E-state index in [4.69, 9.17) is 20.9 Å². The first-order chi connectivity index (χ1) is 37.6. The lowest BCUT2D eigenvalue weighted by atomic mass is 9.67. The van der Waals surface area contributed by atoms with Crippen LogP contribution in [0.4, 0.5) is 17.1 Å². The highest BCUT2D eigenvalue weighted by atomic mass is 16.3. The summed E-state index contributed by atoms with van der Waals surface area (Å²) in [5.41, 5.74) is -0.525. The molecule has 0 saturated heterocycles. The lowest BCUT2D eigenvalue weighted by molar-refractivity contribution is 0.616. The molecular weight excluding hydrogens is 727 g/mol. The van der Waals surface area contributed by atoms with E-state index < -0.39 is 126 Å². The molecule has 2 aliphatic carbocycles. The van der Waals surface area contributed by atoms with Gasteiger partial charge in [-0.25, -0.2) is 0 Å². The van der Waals surface area contributed by atoms with Gasteiger partial charge in [0.2, 0.25) is 0 Å². The highest BCUT2D eigenvalue weighted by Gasteiger charge is 2.48. The average Bonchev–Trinajstić information content (AvgIpc) is 4.09. The minimum absolute atomic E-state index is 0.0935. The van der Waals surface area contributed by atoms with E-state index >= 15 is 0 Å². The van der Waals surface area contributed by atoms with Crippen molar-refractivity contribution in [2.75, 3.05) is 4.90 Å². The topological polar surface area (TPSA) is 16.4 Å². The lowest BCUT2D eigenvalue weighted by Crippen LogP contribution is -2.29. The first-order valence-electron chi connectivity index (χ1n) is 28.7. The van der Waals surface area contributed by atoms with Crippen LogP contribution in [0.5, 0.6) is 0 Å². The maximum Gasteiger partial charge on any atom is 0.133 e. The molecular formula is C58H39NO. The van der Waals surface area contributed by atoms with Gasteiger partial charge in [-0.1, -0.05) is 182 Å². The van der Waals surface area contributed by atoms with E-state index in [-0.39, 0.29) is 38.9 Å². The molecule has 0 amide bonds. The Labute approximate surface area is 377 Å². The van der Waals surface area contributed by atoms with Crippen LogP contribution in [-0.2, 0) is 10.8 Å². The summed E-state index contributed by atoms with van der Waals surface area (Å²) < 4.78 is 179. The van der Waals surface area contributed by atoms with Gasteiger partial charge >= 0.3 is 0 Å². The molecule has 0 radical (unpaired) electrons. The molecule has 9 aromatic carbocycles. The van der Waals surface area contributed by atoms with Gasteiger partial charge in [0, 0.05) is 22.4 Å². The predicted octanol–water partition coefficient (Wildman–Crippen LogP) is 14.6. The van der Waals surface area contributed by atoms with Crippen molar-refractivity contribution in [3.05, 3.63) is 281 Å². The van der Waals surface area contributed by atoms with E-state index in [0.717, 1.165) is 0 Å². The van der Waals surface area contributed by atoms with Crippen molar-refractivity contribution in [1.29, 1.82) is 0 Å². The molecule has 10 aromatic rings. The Morgan fingerprint density at radius 3 is 1.35 bits per heavy atom. The van der Waals surface area contributed by atoms with Crippen LogP contribution in [0.2, 0.25) is 0 Å². The third-order valence-electron chi connectivity index (χ3n) is 11.8. The molecule has 60 heavy (non-hydrogen) atoms. The molecule has 0 saturated carbocycles. The number of rotatable bonds is 7. The number of nitrogens with zero attached hydrogens (tertiary/aromatic N) is 1. The molecule has 0 spiro atoms. The van der Waals surface area contributed by atoms with Gasteiger partial charge in [-0.05, 0) is 115 Å². The quantitative estimate of drug-likeness (QED) is 0.160. The van der Waals surface area contributed by atoms with Gasteiger partial charge in [-0.15, -0.1) is 0 Å². The Balaban J connectivity index is 1.24. The Kier molecular flexibility index (Phi) is 4.56. The zero-order valence-electron chi connectivity index (χ0n) is 50.4. The Morgan fingerprint density at radius 2 is 0.800 bits per heavy atom. The standard InChI is InChI=1S/C58H39NO/c1-5-17-41(18-6-1)57(42-19-7-2-8-20-42)52-27-15-13-25-48(52)50-32-29-46(38-54(50)57)59(45-31-34-56-40(37-45)35-36-60-56)47-30-33-51-49-26-14-16-28-53(49)58(55(51)39-47,43-21-9-3-10-22-43)44-23-11-4-12-24-44/h1-39H/i1D,2D,3D,4D,5D,6D,7D,8D,9D,10D,11D,12D,17D,18D,19D,20D,21D,22D,23D. The minimum atomic E-state index is -2.20. The van der Waals surface area contributed by atoms with Gasteiger partial charge < -0.3 is 9.32 Å². The molecule has 1 heterocycles. The second-order valence-electron chi connectivity index (χ2n) is 14.6. The number of anilines is 3. The second kappa shape index (κ2) is 13.4. The molecule has 0 bridgehead atoms. The largest absolute Gasteiger partial charge is 0.464 e. The van der Waals surface area contributed by atoms with Crippen LogP contribution in [0.3, 0.4) is 0 Å². The Hall–Kier alpha value is -7.68. The molecule has 2 aliphatic rings. The van der Waals surface area contributed by atoms with Crippen molar-refractivity contribution >= 4 is 28.0 Å². The van der Waals surface area contributed by atoms with Gasteiger partial charge in [-0.3, -0.25) is 0 Å². The summed E-state index contributed by atoms with van der Waals surface area (Å²) in [6, 6.07) is 20.3. The molecule has 1 atom stereocenters. The van der Waals surface area contributed by atoms with Gasteiger partial charge in [0.15, 0.2) is 0 Å². The lowest BCUT2D eigenvalue weighted by Gasteiger charge is -2.36. The number of hydrogen-bond donors (Lipinski definition) is 0. The Morgan fingerprint density at radius 1 is 0.367 bits per heavy atom. The molecule has 0 N–H and O–H groups in total. The van der Waals surface area contributed by atoms with Gasteiger partial charge in [0.1, 0.15) is 5.58 Å². The number of benzene rings is 9. The van der Waals surface area contributed by atoms with Crippen LogP contribution in [0.15, 0.2) is 241 Å². The van der Waals surface area contributed by atoms with Gasteiger partial charge in [-0.2, -0.15) is 0 Å². The first kappa shape index (κ1) is 20.3. The predicted molar refractivity (Wildman–Crippen MR) is 246 cm³/mol. The van der Waals surface area contributed by atoms with Crippen molar-refractivity contribution in [1.82, 2.24) is 0 Å². The summed E-state index contributed by atoms with van der Waals surface area (Å²) in [5, 5.41) is 0.658. The van der Waals surface area contributed by atoms with Crippen molar-refractivity contribution < 1.29 is 30.5 Å². The fraction of sp³-hybridized carbons (Fsp3) is 0.0345. The third kappa shape index (κ3) is 4.82. The minimum Gasteiger partial charge on any atom is -0.464 e. The number of fused-ring (bicyclic) bond motifs is 7. The van der Waals surface area contributed by atoms with Crippen LogP contribution >= 0.6 is 0 Å². The molecule has 1 aromatic heterocycles. The number of hydrogen-bond acceptors (Lipinski definition) is 2. The van der Waals surface area contributed by atoms with E-state index in [2.05, 4.69) is 0 Å². The van der Waals surface area contributed by atoms with Crippen LogP contribution < -0.4 is 4.90 Å². The van der Waals surface area contributed by atoms with Crippen molar-refractivity contribution in [3.8, 4) is 22.3 Å². The smallest absolute Gasteiger partial charge is 0.133 e. The highest BCUT2D eigenvalue weighted by Crippen LogP contribution is 2.59. The van der Waals surface area contributed by atoms with Crippen LogP contribution in [0, 0.1) is 0 Å². The number of furan rings is 1. The van der Waals surface area contributed by atoms with Gasteiger partial charge in [0.05, 0.1) is 43.1 Å². The summed E-state index contributed by atoms with van der Waals surface area (Å²) >= 11 is 0. The molecule has 0 fully saturated rings. The Bertz CT molecular complexity index is 4200. The molecule has 282 valence electrons. The fourth-order valence-electron chi connectivity index (χ4n) is 9.50. The summed E-state index contributed by atoms with van der Waals surface area (Å²) in [4.78, 5) is 1.81. The van der Waals surface area contributed by atoms with E-state index in [1.54, 1.807) is 108 Å². The zero-order chi connectivity index (χ0) is 56.2. The van der Waals surface area contributed by atoms with Crippen LogP contribution in [0.25, 0.3) is 33.2 Å². The van der Waals surface area contributed by atoms with E-state index in [9.17, 15) is 9.60 Å². The molecule has 0 aliphatic heterocycles. The summed E-state index contributed by atoms with van der Waals surface area (Å²) in [5.74, 6) is 0. The third-order valence-corrected chi connectivity index (χ3v) is 11.8. The van der Waals surface area contributed by atoms with Crippen molar-refractivity contribution in [2.24, 2.45) is 0 Å². The summed E-state index contributed by atoms with van der Waals surface area (Å²) in [6.45, 7) is 0. The van der Waals surface area contributed by atoms with Crippen LogP contribution in [0.1, 0.15) is 70.6 Å². The monoisotopic (exact) mass is 784 g/mol.